The van der Waals surface area contributed by atoms with E-state index in [4.69, 9.17) is 4.74 Å². The molecule has 0 aliphatic heterocycles. The van der Waals surface area contributed by atoms with Gasteiger partial charge >= 0.3 is 0 Å². The summed E-state index contributed by atoms with van der Waals surface area (Å²) in [6.07, 6.45) is 0.502. The highest BCUT2D eigenvalue weighted by Crippen LogP contribution is 2.23. The molecule has 0 bridgehead atoms. The molecule has 5 nitrogen and oxygen atoms in total. The SMILES string of the molecule is COCCc1c(C)c(C#N)c2n(C)c3ccccc3n2c1=O. The molecule has 1 aromatic carbocycles. The minimum atomic E-state index is -0.0691. The van der Waals surface area contributed by atoms with Gasteiger partial charge in [0.1, 0.15) is 11.7 Å². The molecule has 3 aromatic rings. The minimum absolute atomic E-state index is 0.0691. The Balaban J connectivity index is 2.55. The fourth-order valence-corrected chi connectivity index (χ4v) is 3.05. The van der Waals surface area contributed by atoms with Gasteiger partial charge in [-0.25, -0.2) is 0 Å². The molecule has 0 atom stereocenters. The van der Waals surface area contributed by atoms with Crippen LogP contribution in [0.25, 0.3) is 16.7 Å². The zero-order valence-corrected chi connectivity index (χ0v) is 12.9. The number of aromatic nitrogens is 2. The van der Waals surface area contributed by atoms with E-state index < -0.39 is 0 Å². The Morgan fingerprint density at radius 1 is 1.27 bits per heavy atom. The largest absolute Gasteiger partial charge is 0.384 e. The lowest BCUT2D eigenvalue weighted by atomic mass is 10.0. The average Bonchev–Trinajstić information content (AvgIpc) is 2.82. The maximum absolute atomic E-state index is 12.9. The van der Waals surface area contributed by atoms with Crippen LogP contribution in [0.2, 0.25) is 0 Å². The van der Waals surface area contributed by atoms with Gasteiger partial charge in [-0.05, 0) is 24.6 Å². The van der Waals surface area contributed by atoms with Crippen LogP contribution in [-0.2, 0) is 18.2 Å². The molecular weight excluding hydrogens is 278 g/mol. The fourth-order valence-electron chi connectivity index (χ4n) is 3.05. The third-order valence-electron chi connectivity index (χ3n) is 4.19. The molecule has 0 fully saturated rings. The van der Waals surface area contributed by atoms with E-state index in [1.54, 1.807) is 11.5 Å². The molecule has 0 aliphatic carbocycles. The van der Waals surface area contributed by atoms with E-state index in [2.05, 4.69) is 6.07 Å². The number of benzene rings is 1. The monoisotopic (exact) mass is 295 g/mol. The third-order valence-corrected chi connectivity index (χ3v) is 4.19. The number of hydrogen-bond donors (Lipinski definition) is 0. The van der Waals surface area contributed by atoms with E-state index in [9.17, 15) is 10.1 Å². The van der Waals surface area contributed by atoms with E-state index >= 15 is 0 Å². The van der Waals surface area contributed by atoms with E-state index in [0.717, 1.165) is 16.6 Å². The highest BCUT2D eigenvalue weighted by Gasteiger charge is 2.19. The maximum atomic E-state index is 12.9. The van der Waals surface area contributed by atoms with Gasteiger partial charge in [-0.15, -0.1) is 0 Å². The van der Waals surface area contributed by atoms with Crippen LogP contribution in [0, 0.1) is 18.3 Å². The van der Waals surface area contributed by atoms with Crippen LogP contribution in [0.15, 0.2) is 29.1 Å². The van der Waals surface area contributed by atoms with Crippen molar-refractivity contribution in [1.29, 1.82) is 5.26 Å². The van der Waals surface area contributed by atoms with E-state index in [1.807, 2.05) is 42.8 Å². The van der Waals surface area contributed by atoms with Crippen molar-refractivity contribution in [3.05, 3.63) is 51.3 Å². The summed E-state index contributed by atoms with van der Waals surface area (Å²) in [6, 6.07) is 9.94. The summed E-state index contributed by atoms with van der Waals surface area (Å²) in [5.74, 6) is 0. The number of para-hydroxylation sites is 2. The Bertz CT molecular complexity index is 974. The van der Waals surface area contributed by atoms with E-state index in [0.29, 0.717) is 29.8 Å². The molecule has 5 heteroatoms. The summed E-state index contributed by atoms with van der Waals surface area (Å²) >= 11 is 0. The Morgan fingerprint density at radius 3 is 2.59 bits per heavy atom. The second-order valence-electron chi connectivity index (χ2n) is 5.35. The summed E-state index contributed by atoms with van der Waals surface area (Å²) in [5.41, 5.74) is 4.26. The van der Waals surface area contributed by atoms with Crippen LogP contribution in [0.5, 0.6) is 0 Å². The zero-order chi connectivity index (χ0) is 15.9. The van der Waals surface area contributed by atoms with Crippen molar-refractivity contribution in [2.75, 3.05) is 13.7 Å². The Morgan fingerprint density at radius 2 is 1.95 bits per heavy atom. The second kappa shape index (κ2) is 5.32. The lowest BCUT2D eigenvalue weighted by molar-refractivity contribution is 0.202. The first-order valence-corrected chi connectivity index (χ1v) is 7.12. The number of pyridine rings is 1. The highest BCUT2D eigenvalue weighted by molar-refractivity contribution is 5.84. The lowest BCUT2D eigenvalue weighted by Gasteiger charge is -2.09. The predicted octanol–water partition coefficient (Wildman–Crippen LogP) is 2.16. The van der Waals surface area contributed by atoms with Crippen LogP contribution < -0.4 is 5.56 Å². The van der Waals surface area contributed by atoms with Crippen molar-refractivity contribution in [1.82, 2.24) is 8.97 Å². The number of nitrogens with zero attached hydrogens (tertiary/aromatic N) is 3. The molecule has 2 heterocycles. The standard InChI is InChI=1S/C17H17N3O2/c1-11-12(8-9-22-3)17(21)20-15-7-5-4-6-14(15)19(2)16(20)13(11)10-18/h4-7H,8-9H2,1-3H3. The molecular formula is C17H17N3O2. The van der Waals surface area contributed by atoms with Gasteiger partial charge in [0.15, 0.2) is 0 Å². The molecule has 0 N–H and O–H groups in total. The normalized spacial score (nSPS) is 11.2. The first kappa shape index (κ1) is 14.4. The quantitative estimate of drug-likeness (QED) is 0.744. The van der Waals surface area contributed by atoms with Crippen molar-refractivity contribution in [2.24, 2.45) is 7.05 Å². The van der Waals surface area contributed by atoms with Gasteiger partial charge in [-0.3, -0.25) is 9.20 Å². The van der Waals surface area contributed by atoms with Crippen LogP contribution in [0.1, 0.15) is 16.7 Å². The number of aryl methyl sites for hydroxylation is 1. The molecule has 0 aliphatic rings. The van der Waals surface area contributed by atoms with Crippen LogP contribution in [0.3, 0.4) is 0 Å². The van der Waals surface area contributed by atoms with Crippen LogP contribution >= 0.6 is 0 Å². The summed E-state index contributed by atoms with van der Waals surface area (Å²) in [5, 5.41) is 9.60. The third kappa shape index (κ3) is 1.85. The molecule has 112 valence electrons. The van der Waals surface area contributed by atoms with Crippen LogP contribution in [-0.4, -0.2) is 22.7 Å². The molecule has 2 aromatic heterocycles. The molecule has 0 unspecified atom stereocenters. The minimum Gasteiger partial charge on any atom is -0.384 e. The van der Waals surface area contributed by atoms with Gasteiger partial charge in [0.05, 0.1) is 23.2 Å². The first-order valence-electron chi connectivity index (χ1n) is 7.12. The summed E-state index contributed by atoms with van der Waals surface area (Å²) in [7, 11) is 3.49. The summed E-state index contributed by atoms with van der Waals surface area (Å²) in [4.78, 5) is 12.9. The number of methoxy groups -OCH3 is 1. The van der Waals surface area contributed by atoms with Crippen LogP contribution in [0.4, 0.5) is 0 Å². The van der Waals surface area contributed by atoms with E-state index in [1.165, 1.54) is 0 Å². The van der Waals surface area contributed by atoms with Crippen molar-refractivity contribution in [2.45, 2.75) is 13.3 Å². The predicted molar refractivity (Wildman–Crippen MR) is 85.2 cm³/mol. The Kier molecular flexibility index (Phi) is 3.47. The molecule has 0 amide bonds. The Hall–Kier alpha value is -2.58. The number of rotatable bonds is 3. The smallest absolute Gasteiger partial charge is 0.260 e. The molecule has 0 saturated heterocycles. The molecule has 3 rings (SSSR count). The Labute approximate surface area is 128 Å². The van der Waals surface area contributed by atoms with Crippen molar-refractivity contribution in [3.63, 3.8) is 0 Å². The van der Waals surface area contributed by atoms with Gasteiger partial charge in [0, 0.05) is 26.1 Å². The van der Waals surface area contributed by atoms with Gasteiger partial charge in [-0.1, -0.05) is 12.1 Å². The highest BCUT2D eigenvalue weighted by atomic mass is 16.5. The van der Waals surface area contributed by atoms with Crippen molar-refractivity contribution in [3.8, 4) is 6.07 Å². The maximum Gasteiger partial charge on any atom is 0.260 e. The number of fused-ring (bicyclic) bond motifs is 3. The molecule has 0 saturated carbocycles. The first-order chi connectivity index (χ1) is 10.6. The lowest BCUT2D eigenvalue weighted by Crippen LogP contribution is -2.22. The summed E-state index contributed by atoms with van der Waals surface area (Å²) < 4.78 is 8.65. The van der Waals surface area contributed by atoms with Gasteiger partial charge in [-0.2, -0.15) is 5.26 Å². The topological polar surface area (TPSA) is 59.4 Å². The van der Waals surface area contributed by atoms with Crippen molar-refractivity contribution >= 4 is 16.7 Å². The van der Waals surface area contributed by atoms with Crippen molar-refractivity contribution < 1.29 is 4.74 Å². The van der Waals surface area contributed by atoms with Gasteiger partial charge in [0.2, 0.25) is 0 Å². The number of hydrogen-bond acceptors (Lipinski definition) is 3. The number of imidazole rings is 1. The van der Waals surface area contributed by atoms with E-state index in [-0.39, 0.29) is 5.56 Å². The average molecular weight is 295 g/mol. The zero-order valence-electron chi connectivity index (χ0n) is 12.9. The molecule has 0 radical (unpaired) electrons. The number of ether oxygens (including phenoxy) is 1. The molecule has 22 heavy (non-hydrogen) atoms. The fraction of sp³-hybridized carbons (Fsp3) is 0.294. The number of nitriles is 1. The molecule has 0 spiro atoms. The summed E-state index contributed by atoms with van der Waals surface area (Å²) in [6.45, 7) is 2.29. The van der Waals surface area contributed by atoms with Gasteiger partial charge in [0.25, 0.3) is 5.56 Å². The van der Waals surface area contributed by atoms with Gasteiger partial charge < -0.3 is 9.30 Å². The second-order valence-corrected chi connectivity index (χ2v) is 5.35.